The second-order valence-corrected chi connectivity index (χ2v) is 10.8. The summed E-state index contributed by atoms with van der Waals surface area (Å²) in [5, 5.41) is 3.68. The van der Waals surface area contributed by atoms with E-state index in [2.05, 4.69) is 33.3 Å². The Morgan fingerprint density at radius 3 is 2.95 bits per heavy atom. The maximum Gasteiger partial charge on any atom is 0.407 e. The van der Waals surface area contributed by atoms with Crippen LogP contribution in [0.25, 0.3) is 22.1 Å². The van der Waals surface area contributed by atoms with Crippen molar-refractivity contribution >= 4 is 34.1 Å². The predicted molar refractivity (Wildman–Crippen MR) is 146 cm³/mol. The molecular weight excluding hydrogens is 484 g/mol. The van der Waals surface area contributed by atoms with Crippen molar-refractivity contribution in [2.24, 2.45) is 17.8 Å². The number of pyridine rings is 1. The number of ether oxygens (including phenoxy) is 1. The number of nitrogens with one attached hydrogen (secondary N) is 3. The van der Waals surface area contributed by atoms with Crippen LogP contribution in [0.15, 0.2) is 47.1 Å². The summed E-state index contributed by atoms with van der Waals surface area (Å²) in [5.74, 6) is -0.0349. The number of likely N-dealkylation sites (tertiary alicyclic amines) is 1. The lowest BCUT2D eigenvalue weighted by Crippen LogP contribution is -2.48. The first kappa shape index (κ1) is 25.8. The van der Waals surface area contributed by atoms with Crippen molar-refractivity contribution in [1.82, 2.24) is 29.7 Å². The second kappa shape index (κ2) is 10.9. The molecule has 1 fully saturated rings. The van der Waals surface area contributed by atoms with E-state index in [0.717, 1.165) is 41.4 Å². The third-order valence-electron chi connectivity index (χ3n) is 7.86. The van der Waals surface area contributed by atoms with Crippen LogP contribution in [0.4, 0.5) is 4.79 Å². The summed E-state index contributed by atoms with van der Waals surface area (Å²) in [4.78, 5) is 51.3. The van der Waals surface area contributed by atoms with Crippen molar-refractivity contribution in [1.29, 1.82) is 0 Å². The van der Waals surface area contributed by atoms with Crippen molar-refractivity contribution in [3.05, 3.63) is 52.7 Å². The number of H-pyrrole nitrogens is 2. The molecule has 5 rings (SSSR count). The number of alkyl carbamates (subject to hydrolysis) is 1. The first-order valence-corrected chi connectivity index (χ1v) is 13.4. The van der Waals surface area contributed by atoms with Gasteiger partial charge in [0.2, 0.25) is 5.91 Å². The van der Waals surface area contributed by atoms with Crippen LogP contribution in [0.3, 0.4) is 0 Å². The zero-order valence-electron chi connectivity index (χ0n) is 22.2. The van der Waals surface area contributed by atoms with Crippen LogP contribution in [0, 0.1) is 17.8 Å². The summed E-state index contributed by atoms with van der Waals surface area (Å²) in [6.07, 6.45) is 11.6. The van der Waals surface area contributed by atoms with Gasteiger partial charge in [-0.05, 0) is 42.7 Å². The average molecular weight is 521 g/mol. The molecular formula is C28H36N6O4. The first-order valence-electron chi connectivity index (χ1n) is 13.4. The minimum absolute atomic E-state index is 0.0138. The number of hydrogen-bond acceptors (Lipinski definition) is 5. The number of fused-ring (bicyclic) bond motifs is 3. The Balaban J connectivity index is 1.26. The van der Waals surface area contributed by atoms with E-state index < -0.39 is 12.0 Å². The number of rotatable bonds is 7. The summed E-state index contributed by atoms with van der Waals surface area (Å²) < 4.78 is 7.21. The normalized spacial score (nSPS) is 20.6. The van der Waals surface area contributed by atoms with Crippen LogP contribution >= 0.6 is 0 Å². The first-order chi connectivity index (χ1) is 18.3. The Kier molecular flexibility index (Phi) is 7.40. The lowest BCUT2D eigenvalue weighted by molar-refractivity contribution is -0.138. The third kappa shape index (κ3) is 5.12. The molecule has 3 atom stereocenters. The van der Waals surface area contributed by atoms with Crippen LogP contribution in [0.2, 0.25) is 0 Å². The van der Waals surface area contributed by atoms with Crippen molar-refractivity contribution in [3.8, 4) is 0 Å². The maximum absolute atomic E-state index is 13.6. The van der Waals surface area contributed by atoms with E-state index in [0.29, 0.717) is 24.5 Å². The minimum atomic E-state index is -0.517. The Bertz CT molecular complexity index is 1440. The van der Waals surface area contributed by atoms with Gasteiger partial charge in [0.15, 0.2) is 0 Å². The van der Waals surface area contributed by atoms with Crippen molar-refractivity contribution in [2.45, 2.75) is 46.1 Å². The van der Waals surface area contributed by atoms with Crippen LogP contribution in [-0.2, 0) is 9.53 Å². The molecule has 1 aliphatic heterocycles. The molecule has 4 heterocycles. The molecule has 1 aliphatic carbocycles. The largest absolute Gasteiger partial charge is 0.445 e. The highest BCUT2D eigenvalue weighted by atomic mass is 16.5. The lowest BCUT2D eigenvalue weighted by Gasteiger charge is -2.36. The Labute approximate surface area is 221 Å². The van der Waals surface area contributed by atoms with E-state index in [9.17, 15) is 14.4 Å². The van der Waals surface area contributed by atoms with Crippen molar-refractivity contribution in [2.75, 3.05) is 26.2 Å². The molecule has 38 heavy (non-hydrogen) atoms. The van der Waals surface area contributed by atoms with Crippen LogP contribution in [0.5, 0.6) is 0 Å². The minimum Gasteiger partial charge on any atom is -0.445 e. The van der Waals surface area contributed by atoms with Crippen molar-refractivity contribution < 1.29 is 14.3 Å². The fourth-order valence-corrected chi connectivity index (χ4v) is 5.55. The van der Waals surface area contributed by atoms with Crippen LogP contribution in [-0.4, -0.2) is 62.7 Å². The molecule has 0 bridgehead atoms. The van der Waals surface area contributed by atoms with Gasteiger partial charge >= 0.3 is 11.8 Å². The zero-order chi connectivity index (χ0) is 26.8. The molecule has 3 aromatic heterocycles. The molecule has 0 spiro atoms. The molecule has 0 radical (unpaired) electrons. The highest BCUT2D eigenvalue weighted by molar-refractivity contribution is 6.01. The van der Waals surface area contributed by atoms with Gasteiger partial charge in [-0.2, -0.15) is 0 Å². The van der Waals surface area contributed by atoms with E-state index in [1.165, 1.54) is 0 Å². The van der Waals surface area contributed by atoms with Gasteiger partial charge in [0.25, 0.3) is 0 Å². The number of imidazole rings is 1. The molecule has 10 nitrogen and oxygen atoms in total. The Morgan fingerprint density at radius 2 is 2.16 bits per heavy atom. The fourth-order valence-electron chi connectivity index (χ4n) is 5.55. The number of hydrogen-bond donors (Lipinski definition) is 3. The fraction of sp³-hybridized carbons (Fsp3) is 0.500. The Hall–Kier alpha value is -3.82. The highest BCUT2D eigenvalue weighted by Gasteiger charge is 2.33. The molecule has 202 valence electrons. The zero-order valence-corrected chi connectivity index (χ0v) is 22.2. The number of amides is 2. The predicted octanol–water partition coefficient (Wildman–Crippen LogP) is 3.89. The molecule has 1 saturated heterocycles. The Morgan fingerprint density at radius 1 is 1.32 bits per heavy atom. The lowest BCUT2D eigenvalue weighted by atomic mass is 9.92. The summed E-state index contributed by atoms with van der Waals surface area (Å²) in [5.41, 5.74) is 3.10. The van der Waals surface area contributed by atoms with Gasteiger partial charge in [-0.3, -0.25) is 9.36 Å². The topological polar surface area (TPSA) is 125 Å². The smallest absolute Gasteiger partial charge is 0.407 e. The number of aromatic amines is 2. The molecule has 2 amide bonds. The summed E-state index contributed by atoms with van der Waals surface area (Å²) in [6.45, 7) is 7.59. The number of carbonyl (C=O) groups excluding carboxylic acids is 2. The molecule has 0 aromatic carbocycles. The molecule has 10 heteroatoms. The standard InChI is InChI=1S/C28H36N6O4/c1-17(2)22(13-31-28(37)38-16-19-8-5-4-7-18(19)3)26(35)33-12-6-9-20(15-33)34-24-21-10-11-29-25(21)30-14-23(24)32-27(34)36/h4-5,8,10-11,14,17-18,20,22H,6-7,9,12-13,15-16H2,1-3H3,(H,29,30)(H,31,37)(H,32,36)/t18?,20-,22-/m1/s1. The van der Waals surface area contributed by atoms with Crippen LogP contribution in [0.1, 0.15) is 46.1 Å². The molecule has 3 aromatic rings. The maximum atomic E-state index is 13.6. The highest BCUT2D eigenvalue weighted by Crippen LogP contribution is 2.29. The third-order valence-corrected chi connectivity index (χ3v) is 7.86. The van der Waals surface area contributed by atoms with Crippen molar-refractivity contribution in [3.63, 3.8) is 0 Å². The van der Waals surface area contributed by atoms with E-state index >= 15 is 0 Å². The SMILES string of the molecule is CC1CC=CC=C1COC(=O)NC[C@@H](C(=O)N1CCC[C@@H](n2c(=O)[nH]c3cnc4[nH]ccc4c32)C1)C(C)C. The second-order valence-electron chi connectivity index (χ2n) is 10.8. The van der Waals surface area contributed by atoms with Gasteiger partial charge in [-0.15, -0.1) is 0 Å². The number of nitrogens with zero attached hydrogens (tertiary/aromatic N) is 3. The van der Waals surface area contributed by atoms with Gasteiger partial charge in [0.05, 0.1) is 29.2 Å². The van der Waals surface area contributed by atoms with Gasteiger partial charge in [0.1, 0.15) is 12.3 Å². The quantitative estimate of drug-likeness (QED) is 0.436. The van der Waals surface area contributed by atoms with Gasteiger partial charge < -0.3 is 24.9 Å². The monoisotopic (exact) mass is 520 g/mol. The number of aromatic nitrogens is 4. The van der Waals surface area contributed by atoms with E-state index in [1.807, 2.05) is 43.2 Å². The van der Waals surface area contributed by atoms with Gasteiger partial charge in [-0.25, -0.2) is 14.6 Å². The van der Waals surface area contributed by atoms with Gasteiger partial charge in [0, 0.05) is 31.2 Å². The summed E-state index contributed by atoms with van der Waals surface area (Å²) in [6, 6.07) is 1.77. The van der Waals surface area contributed by atoms with E-state index in [-0.39, 0.29) is 36.7 Å². The summed E-state index contributed by atoms with van der Waals surface area (Å²) >= 11 is 0. The van der Waals surface area contributed by atoms with E-state index in [1.54, 1.807) is 10.8 Å². The molecule has 1 unspecified atom stereocenters. The number of carbonyl (C=O) groups is 2. The van der Waals surface area contributed by atoms with Gasteiger partial charge in [-0.1, -0.05) is 39.0 Å². The number of allylic oxidation sites excluding steroid dienone is 3. The molecule has 0 saturated carbocycles. The van der Waals surface area contributed by atoms with E-state index in [4.69, 9.17) is 4.74 Å². The number of piperidine rings is 1. The molecule has 3 N–H and O–H groups in total. The van der Waals surface area contributed by atoms with Crippen LogP contribution < -0.4 is 11.0 Å². The average Bonchev–Trinajstić information content (AvgIpc) is 3.51. The molecule has 2 aliphatic rings. The summed E-state index contributed by atoms with van der Waals surface area (Å²) in [7, 11) is 0.